The van der Waals surface area contributed by atoms with Crippen molar-refractivity contribution < 1.29 is 14.3 Å². The minimum atomic E-state index is -0.329. The summed E-state index contributed by atoms with van der Waals surface area (Å²) in [5.41, 5.74) is 0.838. The number of rotatable bonds is 3. The highest BCUT2D eigenvalue weighted by Gasteiger charge is 2.35. The summed E-state index contributed by atoms with van der Waals surface area (Å²) in [6.07, 6.45) is 3.15. The Morgan fingerprint density at radius 3 is 2.26 bits per heavy atom. The van der Waals surface area contributed by atoms with Gasteiger partial charge < -0.3 is 4.74 Å². The fourth-order valence-corrected chi connectivity index (χ4v) is 1.93. The molecule has 1 aliphatic rings. The largest absolute Gasteiger partial charge is 0.471 e. The Kier molecular flexibility index (Phi) is 2.72. The van der Waals surface area contributed by atoms with Crippen molar-refractivity contribution in [1.29, 1.82) is 0 Å². The number of nitrogens with zero attached hydrogens (tertiary/aromatic N) is 2. The molecule has 1 aliphatic heterocycles. The van der Waals surface area contributed by atoms with Crippen LogP contribution in [0.4, 0.5) is 0 Å². The maximum absolute atomic E-state index is 12.0. The Hall–Kier alpha value is -2.69. The van der Waals surface area contributed by atoms with Crippen LogP contribution in [-0.4, -0.2) is 28.4 Å². The molecule has 2 heterocycles. The van der Waals surface area contributed by atoms with Crippen molar-refractivity contribution in [2.75, 3.05) is 6.73 Å². The molecule has 0 aliphatic carbocycles. The Labute approximate surface area is 109 Å². The van der Waals surface area contributed by atoms with E-state index in [1.54, 1.807) is 42.6 Å². The first-order valence-corrected chi connectivity index (χ1v) is 5.75. The zero-order valence-corrected chi connectivity index (χ0v) is 9.95. The molecule has 0 atom stereocenters. The zero-order chi connectivity index (χ0) is 13.2. The molecule has 94 valence electrons. The molecule has 1 aromatic carbocycles. The Bertz CT molecular complexity index is 605. The number of aromatic nitrogens is 1. The summed E-state index contributed by atoms with van der Waals surface area (Å²) in [5, 5.41) is 0. The van der Waals surface area contributed by atoms with E-state index in [1.807, 2.05) is 0 Å². The summed E-state index contributed by atoms with van der Waals surface area (Å²) >= 11 is 0. The first-order valence-electron chi connectivity index (χ1n) is 5.75. The normalized spacial score (nSPS) is 13.6. The number of benzene rings is 1. The number of fused-ring (bicyclic) bond motifs is 1. The van der Waals surface area contributed by atoms with E-state index < -0.39 is 0 Å². The maximum Gasteiger partial charge on any atom is 0.264 e. The molecule has 5 nitrogen and oxygen atoms in total. The quantitative estimate of drug-likeness (QED) is 0.782. The van der Waals surface area contributed by atoms with Gasteiger partial charge in [-0.3, -0.25) is 14.6 Å². The predicted octanol–water partition coefficient (Wildman–Crippen LogP) is 1.71. The van der Waals surface area contributed by atoms with Crippen molar-refractivity contribution in [3.63, 3.8) is 0 Å². The van der Waals surface area contributed by atoms with E-state index in [0.717, 1.165) is 4.90 Å². The Morgan fingerprint density at radius 2 is 1.68 bits per heavy atom. The van der Waals surface area contributed by atoms with Gasteiger partial charge in [0, 0.05) is 6.20 Å². The number of carbonyl (C=O) groups is 2. The lowest BCUT2D eigenvalue weighted by Crippen LogP contribution is -2.33. The van der Waals surface area contributed by atoms with E-state index in [4.69, 9.17) is 4.74 Å². The average Bonchev–Trinajstić information content (AvgIpc) is 2.71. The van der Waals surface area contributed by atoms with Crippen LogP contribution in [0.1, 0.15) is 20.7 Å². The van der Waals surface area contributed by atoms with Crippen LogP contribution in [0, 0.1) is 0 Å². The van der Waals surface area contributed by atoms with E-state index in [2.05, 4.69) is 4.98 Å². The third-order valence-electron chi connectivity index (χ3n) is 2.87. The van der Waals surface area contributed by atoms with E-state index >= 15 is 0 Å². The van der Waals surface area contributed by atoms with Crippen molar-refractivity contribution in [1.82, 2.24) is 9.88 Å². The van der Waals surface area contributed by atoms with Crippen molar-refractivity contribution in [3.05, 3.63) is 59.9 Å². The fraction of sp³-hybridized carbons (Fsp3) is 0.0714. The number of pyridine rings is 1. The van der Waals surface area contributed by atoms with Crippen LogP contribution < -0.4 is 4.74 Å². The lowest BCUT2D eigenvalue weighted by molar-refractivity contribution is 0.0522. The molecule has 0 bridgehead atoms. The Balaban J connectivity index is 1.78. The molecular formula is C14H10N2O3. The van der Waals surface area contributed by atoms with Gasteiger partial charge in [-0.15, -0.1) is 0 Å². The number of hydrogen-bond acceptors (Lipinski definition) is 4. The fourth-order valence-electron chi connectivity index (χ4n) is 1.93. The molecule has 0 spiro atoms. The highest BCUT2D eigenvalue weighted by atomic mass is 16.5. The summed E-state index contributed by atoms with van der Waals surface area (Å²) in [7, 11) is 0. The van der Waals surface area contributed by atoms with Crippen molar-refractivity contribution in [2.45, 2.75) is 0 Å². The van der Waals surface area contributed by atoms with E-state index in [1.165, 1.54) is 6.20 Å². The van der Waals surface area contributed by atoms with Gasteiger partial charge >= 0.3 is 0 Å². The zero-order valence-electron chi connectivity index (χ0n) is 9.95. The first-order chi connectivity index (χ1) is 9.27. The van der Waals surface area contributed by atoms with Crippen LogP contribution >= 0.6 is 0 Å². The molecule has 0 saturated carbocycles. The number of hydrogen-bond donors (Lipinski definition) is 0. The van der Waals surface area contributed by atoms with Gasteiger partial charge in [-0.1, -0.05) is 12.1 Å². The van der Waals surface area contributed by atoms with E-state index in [0.29, 0.717) is 16.9 Å². The summed E-state index contributed by atoms with van der Waals surface area (Å²) in [4.78, 5) is 29.1. The van der Waals surface area contributed by atoms with E-state index in [9.17, 15) is 9.59 Å². The summed E-state index contributed by atoms with van der Waals surface area (Å²) < 4.78 is 5.38. The van der Waals surface area contributed by atoms with Crippen LogP contribution in [0.25, 0.3) is 0 Å². The van der Waals surface area contributed by atoms with Crippen molar-refractivity contribution in [3.8, 4) is 5.75 Å². The Morgan fingerprint density at radius 1 is 1.00 bits per heavy atom. The minimum Gasteiger partial charge on any atom is -0.471 e. The van der Waals surface area contributed by atoms with Crippen LogP contribution in [0.5, 0.6) is 5.75 Å². The molecule has 5 heteroatoms. The van der Waals surface area contributed by atoms with Gasteiger partial charge in [-0.25, -0.2) is 4.90 Å². The third kappa shape index (κ3) is 1.95. The second kappa shape index (κ2) is 4.53. The maximum atomic E-state index is 12.0. The van der Waals surface area contributed by atoms with Crippen molar-refractivity contribution in [2.24, 2.45) is 0 Å². The number of ether oxygens (including phenoxy) is 1. The van der Waals surface area contributed by atoms with E-state index in [-0.39, 0.29) is 18.5 Å². The second-order valence-corrected chi connectivity index (χ2v) is 4.05. The highest BCUT2D eigenvalue weighted by molar-refractivity contribution is 6.21. The molecule has 0 N–H and O–H groups in total. The summed E-state index contributed by atoms with van der Waals surface area (Å²) in [6.45, 7) is -0.113. The number of amides is 2. The summed E-state index contributed by atoms with van der Waals surface area (Å²) in [6, 6.07) is 10.2. The molecule has 3 rings (SSSR count). The lowest BCUT2D eigenvalue weighted by Gasteiger charge is -2.14. The SMILES string of the molecule is O=C1c2ccccc2C(=O)N1COc1cccnc1. The monoisotopic (exact) mass is 254 g/mol. The molecule has 2 amide bonds. The average molecular weight is 254 g/mol. The second-order valence-electron chi connectivity index (χ2n) is 4.05. The van der Waals surface area contributed by atoms with Crippen molar-refractivity contribution >= 4 is 11.8 Å². The molecule has 0 radical (unpaired) electrons. The van der Waals surface area contributed by atoms with Gasteiger partial charge in [0.15, 0.2) is 6.73 Å². The lowest BCUT2D eigenvalue weighted by atomic mass is 10.1. The van der Waals surface area contributed by atoms with Gasteiger partial charge in [-0.05, 0) is 24.3 Å². The van der Waals surface area contributed by atoms with Crippen LogP contribution in [0.15, 0.2) is 48.8 Å². The standard InChI is InChI=1S/C14H10N2O3/c17-13-11-5-1-2-6-12(11)14(18)16(13)9-19-10-4-3-7-15-8-10/h1-8H,9H2. The van der Waals surface area contributed by atoms with Gasteiger partial charge in [0.25, 0.3) is 11.8 Å². The van der Waals surface area contributed by atoms with Crippen LogP contribution in [-0.2, 0) is 0 Å². The summed E-state index contributed by atoms with van der Waals surface area (Å²) in [5.74, 6) is -0.145. The molecule has 1 aromatic heterocycles. The molecule has 2 aromatic rings. The number of imide groups is 1. The predicted molar refractivity (Wildman–Crippen MR) is 66.7 cm³/mol. The molecule has 0 saturated heterocycles. The van der Waals surface area contributed by atoms with Crippen LogP contribution in [0.2, 0.25) is 0 Å². The smallest absolute Gasteiger partial charge is 0.264 e. The molecule has 19 heavy (non-hydrogen) atoms. The third-order valence-corrected chi connectivity index (χ3v) is 2.87. The molecule has 0 unspecified atom stereocenters. The van der Waals surface area contributed by atoms with Gasteiger partial charge in [0.1, 0.15) is 5.75 Å². The molecular weight excluding hydrogens is 244 g/mol. The highest BCUT2D eigenvalue weighted by Crippen LogP contribution is 2.22. The topological polar surface area (TPSA) is 59.5 Å². The van der Waals surface area contributed by atoms with Gasteiger partial charge in [0.05, 0.1) is 17.3 Å². The van der Waals surface area contributed by atoms with Gasteiger partial charge in [-0.2, -0.15) is 0 Å². The molecule has 0 fully saturated rings. The minimum absolute atomic E-state index is 0.113. The number of carbonyl (C=O) groups excluding carboxylic acids is 2. The van der Waals surface area contributed by atoms with Crippen LogP contribution in [0.3, 0.4) is 0 Å². The van der Waals surface area contributed by atoms with Gasteiger partial charge in [0.2, 0.25) is 0 Å². The first kappa shape index (κ1) is 11.4.